The molecule has 0 aliphatic carbocycles. The van der Waals surface area contributed by atoms with Crippen LogP contribution >= 0.6 is 0 Å². The Labute approximate surface area is 271 Å². The maximum absolute atomic E-state index is 13.6. The molecule has 12 atom stereocenters. The summed E-state index contributed by atoms with van der Waals surface area (Å²) in [6.07, 6.45) is 5.75. The maximum atomic E-state index is 13.6. The van der Waals surface area contributed by atoms with Crippen LogP contribution in [-0.2, 0) is 28.5 Å². The van der Waals surface area contributed by atoms with E-state index >= 15 is 0 Å². The molecule has 0 aromatic rings. The molecule has 2 aliphatic heterocycles. The number of hydrogen-bond acceptors (Lipinski definition) is 9. The Bertz CT molecular complexity index is 1080. The van der Waals surface area contributed by atoms with E-state index in [-0.39, 0.29) is 42.0 Å². The van der Waals surface area contributed by atoms with Crippen molar-refractivity contribution < 1.29 is 43.8 Å². The fourth-order valence-corrected chi connectivity index (χ4v) is 6.84. The minimum absolute atomic E-state index is 0.00647. The van der Waals surface area contributed by atoms with E-state index in [2.05, 4.69) is 0 Å². The number of rotatable bonds is 8. The highest BCUT2D eigenvalue weighted by Gasteiger charge is 2.53. The Kier molecular flexibility index (Phi) is 15.0. The van der Waals surface area contributed by atoms with Gasteiger partial charge in [-0.25, -0.2) is 4.79 Å². The highest BCUT2D eigenvalue weighted by Crippen LogP contribution is 2.43. The zero-order valence-electron chi connectivity index (χ0n) is 29.5. The molecule has 9 nitrogen and oxygen atoms in total. The predicted octanol–water partition coefficient (Wildman–Crippen LogP) is 5.35. The molecular weight excluding hydrogens is 576 g/mol. The number of aliphatic hydroxyl groups excluding tert-OH is 3. The fourth-order valence-electron chi connectivity index (χ4n) is 6.84. The van der Waals surface area contributed by atoms with E-state index in [0.29, 0.717) is 6.42 Å². The second-order valence-electron chi connectivity index (χ2n) is 13.7. The van der Waals surface area contributed by atoms with Gasteiger partial charge in [0, 0.05) is 44.3 Å². The molecule has 0 amide bonds. The Morgan fingerprint density at radius 3 is 2.22 bits per heavy atom. The quantitative estimate of drug-likeness (QED) is 0.303. The molecular formula is C36H60O9. The molecule has 0 saturated carbocycles. The summed E-state index contributed by atoms with van der Waals surface area (Å²) in [4.78, 5) is 13.6. The van der Waals surface area contributed by atoms with Gasteiger partial charge in [-0.15, -0.1) is 0 Å². The van der Waals surface area contributed by atoms with Crippen LogP contribution < -0.4 is 0 Å². The zero-order valence-corrected chi connectivity index (χ0v) is 29.5. The van der Waals surface area contributed by atoms with Crippen molar-refractivity contribution in [2.24, 2.45) is 35.5 Å². The lowest BCUT2D eigenvalue weighted by atomic mass is 9.76. The van der Waals surface area contributed by atoms with Crippen molar-refractivity contribution in [3.63, 3.8) is 0 Å². The van der Waals surface area contributed by atoms with Gasteiger partial charge in [0.1, 0.15) is 12.2 Å². The first kappa shape index (κ1) is 39.2. The molecule has 2 rings (SSSR count). The largest absolute Gasteiger partial charge is 0.490 e. The second-order valence-corrected chi connectivity index (χ2v) is 13.7. The van der Waals surface area contributed by atoms with Gasteiger partial charge >= 0.3 is 5.97 Å². The van der Waals surface area contributed by atoms with Crippen LogP contribution in [0.25, 0.3) is 0 Å². The SMILES string of the molecule is CO/C1=C\C(C)=C\[C@@H](C)[C@@H](O)[C@@H](C)C/C(C)=C/C=C/[C@H](OC)[C@@H]([C@@H](C)[C@@H](O)[C@H](C)[C@@]2(OC)C[C@@H](O)[C@H](C)[C@@H](C(C)C)O2)OC1=O. The molecule has 0 aromatic heterocycles. The van der Waals surface area contributed by atoms with Crippen LogP contribution in [0.5, 0.6) is 0 Å². The molecule has 1 saturated heterocycles. The van der Waals surface area contributed by atoms with Crippen molar-refractivity contribution in [3.05, 3.63) is 47.3 Å². The minimum Gasteiger partial charge on any atom is -0.490 e. The van der Waals surface area contributed by atoms with Crippen molar-refractivity contribution >= 4 is 5.97 Å². The molecule has 1 fully saturated rings. The number of allylic oxidation sites excluding steroid dienone is 5. The molecule has 258 valence electrons. The predicted molar refractivity (Wildman–Crippen MR) is 175 cm³/mol. The standard InChI is InChI=1S/C36H60O9/c1-20(2)33-25(7)28(37)19-36(43-12,45-33)27(9)32(39)26(8)34-29(41-10)15-13-14-21(3)16-23(5)31(38)24(6)17-22(4)18-30(42-11)35(40)44-34/h13-15,17-18,20,23-29,31-34,37-39H,16,19H2,1-12H3/b15-13+,21-14+,22-17+,30-18-/t23-,24+,25-,26-,27-,28+,29-,31-,32+,33+,34+,36+/m0/s1. The molecule has 0 spiro atoms. The maximum Gasteiger partial charge on any atom is 0.373 e. The number of carbonyl (C=O) groups excluding carboxylic acids is 1. The molecule has 0 unspecified atom stereocenters. The number of esters is 1. The van der Waals surface area contributed by atoms with Gasteiger partial charge in [0.25, 0.3) is 0 Å². The van der Waals surface area contributed by atoms with Crippen molar-refractivity contribution in [1.29, 1.82) is 0 Å². The summed E-state index contributed by atoms with van der Waals surface area (Å²) in [6.45, 7) is 17.5. The van der Waals surface area contributed by atoms with E-state index in [1.54, 1.807) is 19.1 Å². The van der Waals surface area contributed by atoms with Crippen molar-refractivity contribution in [2.75, 3.05) is 21.3 Å². The summed E-state index contributed by atoms with van der Waals surface area (Å²) in [6, 6.07) is 0. The summed E-state index contributed by atoms with van der Waals surface area (Å²) in [7, 11) is 4.46. The Morgan fingerprint density at radius 1 is 1.02 bits per heavy atom. The first-order valence-corrected chi connectivity index (χ1v) is 16.3. The third-order valence-corrected chi connectivity index (χ3v) is 9.81. The Balaban J connectivity index is 2.56. The highest BCUT2D eigenvalue weighted by atomic mass is 16.7. The highest BCUT2D eigenvalue weighted by molar-refractivity contribution is 5.87. The first-order valence-electron chi connectivity index (χ1n) is 16.3. The van der Waals surface area contributed by atoms with Gasteiger partial charge in [-0.1, -0.05) is 83.9 Å². The van der Waals surface area contributed by atoms with Crippen molar-refractivity contribution in [3.8, 4) is 0 Å². The van der Waals surface area contributed by atoms with E-state index in [0.717, 1.165) is 11.1 Å². The van der Waals surface area contributed by atoms with Gasteiger partial charge in [-0.2, -0.15) is 0 Å². The zero-order chi connectivity index (χ0) is 34.2. The third kappa shape index (κ3) is 9.75. The third-order valence-electron chi connectivity index (χ3n) is 9.81. The lowest BCUT2D eigenvalue weighted by Crippen LogP contribution is -2.60. The summed E-state index contributed by atoms with van der Waals surface area (Å²) in [5.74, 6) is -3.38. The molecule has 45 heavy (non-hydrogen) atoms. The molecule has 2 aliphatic rings. The fraction of sp³-hybridized carbons (Fsp3) is 0.750. The molecule has 0 bridgehead atoms. The molecule has 3 N–H and O–H groups in total. The van der Waals surface area contributed by atoms with Gasteiger partial charge in [0.05, 0.1) is 31.5 Å². The number of carbonyl (C=O) groups is 1. The number of methoxy groups -OCH3 is 3. The topological polar surface area (TPSA) is 124 Å². The lowest BCUT2D eigenvalue weighted by Gasteiger charge is -2.51. The smallest absolute Gasteiger partial charge is 0.373 e. The number of hydrogen-bond donors (Lipinski definition) is 3. The number of ether oxygens (including phenoxy) is 5. The molecule has 0 aromatic carbocycles. The normalized spacial score (nSPS) is 40.5. The minimum atomic E-state index is -1.26. The number of cyclic esters (lactones) is 1. The van der Waals surface area contributed by atoms with E-state index in [1.807, 2.05) is 73.6 Å². The Hall–Kier alpha value is -2.01. The Morgan fingerprint density at radius 2 is 1.67 bits per heavy atom. The van der Waals surface area contributed by atoms with Crippen LogP contribution in [-0.4, -0.2) is 85.0 Å². The van der Waals surface area contributed by atoms with Gasteiger partial charge in [0.2, 0.25) is 5.76 Å². The summed E-state index contributed by atoms with van der Waals surface area (Å²) in [5, 5.41) is 33.8. The molecule has 0 radical (unpaired) electrons. The first-order chi connectivity index (χ1) is 21.0. The van der Waals surface area contributed by atoms with Gasteiger partial charge < -0.3 is 39.0 Å². The van der Waals surface area contributed by atoms with E-state index < -0.39 is 54.1 Å². The van der Waals surface area contributed by atoms with E-state index in [4.69, 9.17) is 23.7 Å². The van der Waals surface area contributed by atoms with Crippen LogP contribution in [0.4, 0.5) is 0 Å². The second kappa shape index (κ2) is 17.2. The monoisotopic (exact) mass is 636 g/mol. The van der Waals surface area contributed by atoms with Gasteiger partial charge in [-0.05, 0) is 38.2 Å². The van der Waals surface area contributed by atoms with Crippen LogP contribution in [0.1, 0.15) is 75.2 Å². The van der Waals surface area contributed by atoms with E-state index in [1.165, 1.54) is 21.3 Å². The van der Waals surface area contributed by atoms with Crippen molar-refractivity contribution in [2.45, 2.75) is 118 Å². The van der Waals surface area contributed by atoms with Crippen LogP contribution in [0.15, 0.2) is 47.3 Å². The summed E-state index contributed by atoms with van der Waals surface area (Å²) < 4.78 is 29.9. The van der Waals surface area contributed by atoms with Gasteiger partial charge in [0.15, 0.2) is 5.79 Å². The summed E-state index contributed by atoms with van der Waals surface area (Å²) >= 11 is 0. The van der Waals surface area contributed by atoms with Crippen LogP contribution in [0, 0.1) is 35.5 Å². The van der Waals surface area contributed by atoms with E-state index in [9.17, 15) is 20.1 Å². The van der Waals surface area contributed by atoms with Crippen molar-refractivity contribution in [1.82, 2.24) is 0 Å². The molecule has 9 heteroatoms. The average molecular weight is 637 g/mol. The van der Waals surface area contributed by atoms with Gasteiger partial charge in [-0.3, -0.25) is 0 Å². The number of aliphatic hydroxyl groups is 3. The van der Waals surface area contributed by atoms with Crippen LogP contribution in [0.2, 0.25) is 0 Å². The average Bonchev–Trinajstić information content (AvgIpc) is 2.99. The van der Waals surface area contributed by atoms with Crippen LogP contribution in [0.3, 0.4) is 0 Å². The molecule has 2 heterocycles. The summed E-state index contributed by atoms with van der Waals surface area (Å²) in [5.41, 5.74) is 1.82. The lowest BCUT2D eigenvalue weighted by molar-refractivity contribution is -0.338.